The zero-order valence-corrected chi connectivity index (χ0v) is 23.2. The SMILES string of the molecule is Cc1cccc(C(CC(=O)O)NC(=O)C2N(C(=O)Cc3cccs3)CCCN2S(=O)(=O)Cc2ccccc2)c1. The van der Waals surface area contributed by atoms with Crippen LogP contribution < -0.4 is 5.32 Å². The number of carbonyl (C=O) groups excluding carboxylic acids is 2. The van der Waals surface area contributed by atoms with Crippen molar-refractivity contribution in [3.8, 4) is 0 Å². The molecule has 1 aliphatic heterocycles. The number of carbonyl (C=O) groups is 3. The Hall–Kier alpha value is -3.54. The van der Waals surface area contributed by atoms with Gasteiger partial charge in [0.1, 0.15) is 0 Å². The number of thiophene rings is 1. The molecule has 2 N–H and O–H groups in total. The van der Waals surface area contributed by atoms with E-state index in [1.54, 1.807) is 48.5 Å². The summed E-state index contributed by atoms with van der Waals surface area (Å²) in [4.78, 5) is 41.1. The van der Waals surface area contributed by atoms with E-state index in [9.17, 15) is 27.9 Å². The number of carboxylic acid groups (broad SMARTS) is 1. The number of carboxylic acids is 1. The standard InChI is InChI=1S/C28H31N3O6S2/c1-20-8-5-11-22(16-20)24(18-26(33)34)29-27(35)28-30(25(32)17-23-12-6-15-38-23)13-7-14-31(28)39(36,37)19-21-9-3-2-4-10-21/h2-6,8-12,15-16,24,28H,7,13-14,17-19H2,1H3,(H,29,35)(H,33,34). The van der Waals surface area contributed by atoms with E-state index >= 15 is 0 Å². The van der Waals surface area contributed by atoms with E-state index in [4.69, 9.17) is 0 Å². The Kier molecular flexibility index (Phi) is 9.16. The Morgan fingerprint density at radius 1 is 1.05 bits per heavy atom. The van der Waals surface area contributed by atoms with Gasteiger partial charge in [-0.2, -0.15) is 4.31 Å². The molecule has 0 aliphatic carbocycles. The molecule has 2 aromatic carbocycles. The van der Waals surface area contributed by atoms with Gasteiger partial charge in [0.2, 0.25) is 15.9 Å². The molecule has 2 atom stereocenters. The number of sulfonamides is 1. The monoisotopic (exact) mass is 569 g/mol. The molecular formula is C28H31N3O6S2. The first-order valence-electron chi connectivity index (χ1n) is 12.6. The average molecular weight is 570 g/mol. The predicted molar refractivity (Wildman–Crippen MR) is 148 cm³/mol. The van der Waals surface area contributed by atoms with Gasteiger partial charge in [-0.25, -0.2) is 8.42 Å². The summed E-state index contributed by atoms with van der Waals surface area (Å²) in [6, 6.07) is 18.5. The fourth-order valence-electron chi connectivity index (χ4n) is 4.71. The molecule has 3 aromatic rings. The molecule has 1 aliphatic rings. The summed E-state index contributed by atoms with van der Waals surface area (Å²) in [6.45, 7) is 2.12. The minimum absolute atomic E-state index is 0.0322. The molecule has 2 unspecified atom stereocenters. The minimum atomic E-state index is -4.02. The van der Waals surface area contributed by atoms with E-state index in [1.165, 1.54) is 16.2 Å². The van der Waals surface area contributed by atoms with Crippen LogP contribution in [0.5, 0.6) is 0 Å². The average Bonchev–Trinajstić information content (AvgIpc) is 3.41. The molecule has 2 heterocycles. The summed E-state index contributed by atoms with van der Waals surface area (Å²) in [5, 5.41) is 14.1. The fourth-order valence-corrected chi connectivity index (χ4v) is 7.11. The summed E-state index contributed by atoms with van der Waals surface area (Å²) in [5.74, 6) is -2.56. The third-order valence-electron chi connectivity index (χ3n) is 6.49. The molecule has 0 spiro atoms. The topological polar surface area (TPSA) is 124 Å². The number of aliphatic carboxylic acids is 1. The normalized spacial score (nSPS) is 16.9. The zero-order valence-electron chi connectivity index (χ0n) is 21.5. The van der Waals surface area contributed by atoms with Crippen LogP contribution in [0.2, 0.25) is 0 Å². The molecule has 0 bridgehead atoms. The highest BCUT2D eigenvalue weighted by Crippen LogP contribution is 2.25. The summed E-state index contributed by atoms with van der Waals surface area (Å²) in [5.41, 5.74) is 2.02. The van der Waals surface area contributed by atoms with Crippen molar-refractivity contribution in [2.45, 2.75) is 44.1 Å². The molecule has 0 saturated carbocycles. The van der Waals surface area contributed by atoms with Crippen molar-refractivity contribution >= 4 is 39.1 Å². The second-order valence-electron chi connectivity index (χ2n) is 9.50. The third kappa shape index (κ3) is 7.31. The molecule has 1 fully saturated rings. The van der Waals surface area contributed by atoms with E-state index in [1.807, 2.05) is 30.5 Å². The Morgan fingerprint density at radius 3 is 2.49 bits per heavy atom. The lowest BCUT2D eigenvalue weighted by molar-refractivity contribution is -0.147. The largest absolute Gasteiger partial charge is 0.481 e. The number of aryl methyl sites for hydroxylation is 1. The van der Waals surface area contributed by atoms with Crippen molar-refractivity contribution in [1.29, 1.82) is 0 Å². The van der Waals surface area contributed by atoms with Crippen molar-refractivity contribution < 1.29 is 27.9 Å². The molecule has 1 aromatic heterocycles. The quantitative estimate of drug-likeness (QED) is 0.386. The second-order valence-corrected chi connectivity index (χ2v) is 12.4. The van der Waals surface area contributed by atoms with Crippen LogP contribution in [0.25, 0.3) is 0 Å². The van der Waals surface area contributed by atoms with Gasteiger partial charge in [0.25, 0.3) is 5.91 Å². The van der Waals surface area contributed by atoms with Gasteiger partial charge in [-0.05, 0) is 35.9 Å². The van der Waals surface area contributed by atoms with Crippen LogP contribution in [0.4, 0.5) is 0 Å². The first-order valence-corrected chi connectivity index (χ1v) is 15.1. The number of nitrogens with zero attached hydrogens (tertiary/aromatic N) is 2. The van der Waals surface area contributed by atoms with Crippen LogP contribution in [-0.4, -0.2) is 59.8 Å². The van der Waals surface area contributed by atoms with E-state index in [2.05, 4.69) is 5.32 Å². The van der Waals surface area contributed by atoms with Crippen molar-refractivity contribution in [3.63, 3.8) is 0 Å². The maximum atomic E-state index is 13.9. The molecule has 1 saturated heterocycles. The minimum Gasteiger partial charge on any atom is -0.481 e. The van der Waals surface area contributed by atoms with Gasteiger partial charge < -0.3 is 15.3 Å². The highest BCUT2D eigenvalue weighted by Gasteiger charge is 2.44. The van der Waals surface area contributed by atoms with E-state index in [-0.39, 0.29) is 31.2 Å². The molecule has 206 valence electrons. The third-order valence-corrected chi connectivity index (χ3v) is 9.17. The van der Waals surface area contributed by atoms with Gasteiger partial charge in [0, 0.05) is 18.0 Å². The molecule has 11 heteroatoms. The summed E-state index contributed by atoms with van der Waals surface area (Å²) >= 11 is 1.40. The Balaban J connectivity index is 1.68. The summed E-state index contributed by atoms with van der Waals surface area (Å²) in [6.07, 6.45) is -1.45. The van der Waals surface area contributed by atoms with Gasteiger partial charge in [0.15, 0.2) is 6.17 Å². The Morgan fingerprint density at radius 2 is 1.82 bits per heavy atom. The van der Waals surface area contributed by atoms with E-state index in [0.29, 0.717) is 17.5 Å². The van der Waals surface area contributed by atoms with Crippen LogP contribution in [0.1, 0.15) is 40.5 Å². The predicted octanol–water partition coefficient (Wildman–Crippen LogP) is 3.32. The lowest BCUT2D eigenvalue weighted by Gasteiger charge is -2.42. The maximum Gasteiger partial charge on any atom is 0.305 e. The Labute approximate surface area is 232 Å². The molecule has 2 amide bonds. The highest BCUT2D eigenvalue weighted by atomic mass is 32.2. The number of hydrogen-bond acceptors (Lipinski definition) is 6. The number of benzene rings is 2. The van der Waals surface area contributed by atoms with Crippen LogP contribution in [0, 0.1) is 6.92 Å². The van der Waals surface area contributed by atoms with Crippen LogP contribution >= 0.6 is 11.3 Å². The number of hydrogen-bond donors (Lipinski definition) is 2. The van der Waals surface area contributed by atoms with E-state index in [0.717, 1.165) is 14.7 Å². The number of rotatable bonds is 10. The van der Waals surface area contributed by atoms with Crippen molar-refractivity contribution in [1.82, 2.24) is 14.5 Å². The van der Waals surface area contributed by atoms with Crippen molar-refractivity contribution in [3.05, 3.63) is 93.7 Å². The maximum absolute atomic E-state index is 13.9. The number of amides is 2. The molecule has 9 nitrogen and oxygen atoms in total. The van der Waals surface area contributed by atoms with Gasteiger partial charge >= 0.3 is 5.97 Å². The van der Waals surface area contributed by atoms with Crippen LogP contribution in [-0.2, 0) is 36.6 Å². The molecular weight excluding hydrogens is 538 g/mol. The van der Waals surface area contributed by atoms with Gasteiger partial charge in [-0.1, -0.05) is 66.2 Å². The smallest absolute Gasteiger partial charge is 0.305 e. The summed E-state index contributed by atoms with van der Waals surface area (Å²) < 4.78 is 28.4. The van der Waals surface area contributed by atoms with E-state index < -0.39 is 40.5 Å². The zero-order chi connectivity index (χ0) is 28.0. The lowest BCUT2D eigenvalue weighted by Crippen LogP contribution is -2.64. The van der Waals surface area contributed by atoms with Crippen LogP contribution in [0.15, 0.2) is 72.1 Å². The van der Waals surface area contributed by atoms with Gasteiger partial charge in [-0.3, -0.25) is 14.4 Å². The van der Waals surface area contributed by atoms with Crippen molar-refractivity contribution in [2.75, 3.05) is 13.1 Å². The molecule has 0 radical (unpaired) electrons. The second kappa shape index (κ2) is 12.5. The first-order chi connectivity index (χ1) is 18.6. The highest BCUT2D eigenvalue weighted by molar-refractivity contribution is 7.88. The number of nitrogens with one attached hydrogen (secondary N) is 1. The van der Waals surface area contributed by atoms with Crippen LogP contribution in [0.3, 0.4) is 0 Å². The molecule has 4 rings (SSSR count). The van der Waals surface area contributed by atoms with Gasteiger partial charge in [0.05, 0.1) is 24.6 Å². The van der Waals surface area contributed by atoms with Gasteiger partial charge in [-0.15, -0.1) is 11.3 Å². The fraction of sp³-hybridized carbons (Fsp3) is 0.321. The first kappa shape index (κ1) is 28.5. The lowest BCUT2D eigenvalue weighted by atomic mass is 10.0. The Bertz CT molecular complexity index is 1410. The summed E-state index contributed by atoms with van der Waals surface area (Å²) in [7, 11) is -4.02. The van der Waals surface area contributed by atoms with Crippen molar-refractivity contribution in [2.24, 2.45) is 0 Å². The molecule has 39 heavy (non-hydrogen) atoms.